The van der Waals surface area contributed by atoms with Gasteiger partial charge in [-0.1, -0.05) is 306 Å². The first-order valence-corrected chi connectivity index (χ1v) is 40.2. The normalized spacial score (nSPS) is 14.5. The standard InChI is InChI=1S/C72H140O17P2/c1-9-65(8)51-43-35-30-31-37-45-53-70(75)83-59-68(89-71(76)54-46-38-28-20-15-13-11-10-12-14-18-24-32-40-48-62(2)3)61-87-91(80,81)85-57-66(73)56-84-90(78,79)86-60-67(58-82-69(74)52-44-36-27-23-22-26-34-42-50-64(6)7)88-72(77)55-47-39-29-21-17-16-19-25-33-41-49-63(4)5/h62-68,73H,9-61H2,1-8H3,(H,78,79)(H,80,81)/t65?,66?,67-,68-/m1/s1. The van der Waals surface area contributed by atoms with Crippen molar-refractivity contribution in [2.45, 2.75) is 375 Å². The molecule has 0 aliphatic carbocycles. The van der Waals surface area contributed by atoms with E-state index in [1.807, 2.05) is 0 Å². The Morgan fingerprint density at radius 1 is 0.308 bits per heavy atom. The van der Waals surface area contributed by atoms with Gasteiger partial charge in [-0.2, -0.15) is 0 Å². The number of rotatable bonds is 69. The van der Waals surface area contributed by atoms with Crippen LogP contribution < -0.4 is 0 Å². The Labute approximate surface area is 556 Å². The molecule has 0 bridgehead atoms. The molecule has 0 amide bonds. The highest BCUT2D eigenvalue weighted by Crippen LogP contribution is 2.45. The maximum absolute atomic E-state index is 13.0. The number of carbonyl (C=O) groups excluding carboxylic acids is 4. The van der Waals surface area contributed by atoms with E-state index in [0.29, 0.717) is 25.7 Å². The summed E-state index contributed by atoms with van der Waals surface area (Å²) in [6.45, 7) is 14.1. The Kier molecular flexibility index (Phi) is 60.3. The van der Waals surface area contributed by atoms with Crippen LogP contribution in [0.3, 0.4) is 0 Å². The monoisotopic (exact) mass is 1340 g/mol. The van der Waals surface area contributed by atoms with E-state index in [-0.39, 0.29) is 25.7 Å². The van der Waals surface area contributed by atoms with Crippen molar-refractivity contribution in [3.05, 3.63) is 0 Å². The molecule has 0 aromatic heterocycles. The van der Waals surface area contributed by atoms with Gasteiger partial charge in [0.2, 0.25) is 0 Å². The molecular formula is C72H140O17P2. The molecule has 0 rings (SSSR count). The van der Waals surface area contributed by atoms with Crippen molar-refractivity contribution in [1.29, 1.82) is 0 Å². The van der Waals surface area contributed by atoms with E-state index in [9.17, 15) is 43.2 Å². The Bertz CT molecular complexity index is 1800. The Balaban J connectivity index is 5.24. The second kappa shape index (κ2) is 61.6. The quantitative estimate of drug-likeness (QED) is 0.0222. The number of unbranched alkanes of at least 4 members (excludes halogenated alkanes) is 34. The van der Waals surface area contributed by atoms with Gasteiger partial charge in [0.25, 0.3) is 0 Å². The van der Waals surface area contributed by atoms with Crippen LogP contribution in [-0.4, -0.2) is 96.7 Å². The predicted molar refractivity (Wildman–Crippen MR) is 367 cm³/mol. The summed E-state index contributed by atoms with van der Waals surface area (Å²) < 4.78 is 68.4. The number of carbonyl (C=O) groups is 4. The molecule has 0 aromatic rings. The third-order valence-electron chi connectivity index (χ3n) is 16.9. The minimum atomic E-state index is -4.95. The van der Waals surface area contributed by atoms with Crippen LogP contribution in [-0.2, 0) is 65.4 Å². The molecule has 3 N–H and O–H groups in total. The first-order valence-electron chi connectivity index (χ1n) is 37.2. The molecular weight excluding hydrogens is 1200 g/mol. The summed E-state index contributed by atoms with van der Waals surface area (Å²) in [5, 5.41) is 10.6. The largest absolute Gasteiger partial charge is 0.472 e. The molecule has 0 saturated carbocycles. The zero-order chi connectivity index (χ0) is 67.5. The van der Waals surface area contributed by atoms with Crippen molar-refractivity contribution in [1.82, 2.24) is 0 Å². The lowest BCUT2D eigenvalue weighted by Gasteiger charge is -2.21. The van der Waals surface area contributed by atoms with Crippen LogP contribution in [0.4, 0.5) is 0 Å². The molecule has 19 heteroatoms. The second-order valence-electron chi connectivity index (χ2n) is 27.6. The van der Waals surface area contributed by atoms with E-state index in [2.05, 4.69) is 55.4 Å². The van der Waals surface area contributed by atoms with Crippen molar-refractivity contribution in [3.63, 3.8) is 0 Å². The smallest absolute Gasteiger partial charge is 0.462 e. The van der Waals surface area contributed by atoms with Crippen molar-refractivity contribution in [2.24, 2.45) is 23.7 Å². The maximum Gasteiger partial charge on any atom is 0.472 e. The lowest BCUT2D eigenvalue weighted by atomic mass is 10.00. The summed E-state index contributed by atoms with van der Waals surface area (Å²) in [4.78, 5) is 72.6. The fourth-order valence-corrected chi connectivity index (χ4v) is 12.4. The predicted octanol–water partition coefficient (Wildman–Crippen LogP) is 20.5. The minimum Gasteiger partial charge on any atom is -0.462 e. The lowest BCUT2D eigenvalue weighted by molar-refractivity contribution is -0.161. The minimum absolute atomic E-state index is 0.105. The topological polar surface area (TPSA) is 237 Å². The Hall–Kier alpha value is -1.94. The number of aliphatic hydroxyl groups excluding tert-OH is 1. The van der Waals surface area contributed by atoms with Gasteiger partial charge in [-0.15, -0.1) is 0 Å². The Morgan fingerprint density at radius 3 is 0.780 bits per heavy atom. The van der Waals surface area contributed by atoms with Crippen LogP contribution in [0, 0.1) is 23.7 Å². The van der Waals surface area contributed by atoms with Gasteiger partial charge < -0.3 is 33.8 Å². The molecule has 540 valence electrons. The molecule has 17 nitrogen and oxygen atoms in total. The number of hydrogen-bond acceptors (Lipinski definition) is 15. The number of phosphoric ester groups is 2. The summed E-state index contributed by atoms with van der Waals surface area (Å²) >= 11 is 0. The van der Waals surface area contributed by atoms with Crippen LogP contribution in [0.15, 0.2) is 0 Å². The van der Waals surface area contributed by atoms with Gasteiger partial charge in [0, 0.05) is 25.7 Å². The van der Waals surface area contributed by atoms with Crippen LogP contribution in [0.25, 0.3) is 0 Å². The molecule has 6 atom stereocenters. The third-order valence-corrected chi connectivity index (χ3v) is 18.8. The molecule has 91 heavy (non-hydrogen) atoms. The van der Waals surface area contributed by atoms with E-state index < -0.39 is 97.5 Å². The number of ether oxygens (including phenoxy) is 4. The lowest BCUT2D eigenvalue weighted by Crippen LogP contribution is -2.30. The molecule has 0 spiro atoms. The van der Waals surface area contributed by atoms with E-state index in [1.165, 1.54) is 154 Å². The van der Waals surface area contributed by atoms with Crippen LogP contribution in [0.2, 0.25) is 0 Å². The van der Waals surface area contributed by atoms with Gasteiger partial charge in [-0.3, -0.25) is 37.3 Å². The third kappa shape index (κ3) is 65.1. The van der Waals surface area contributed by atoms with Gasteiger partial charge in [-0.05, 0) is 49.4 Å². The number of aliphatic hydroxyl groups is 1. The molecule has 0 heterocycles. The summed E-state index contributed by atoms with van der Waals surface area (Å²) in [7, 11) is -9.91. The van der Waals surface area contributed by atoms with Crippen LogP contribution >= 0.6 is 15.6 Å². The number of hydrogen-bond donors (Lipinski definition) is 3. The maximum atomic E-state index is 13.0. The molecule has 0 fully saturated rings. The fraction of sp³-hybridized carbons (Fsp3) is 0.944. The molecule has 4 unspecified atom stereocenters. The van der Waals surface area contributed by atoms with Crippen molar-refractivity contribution in [3.8, 4) is 0 Å². The average Bonchev–Trinajstić information content (AvgIpc) is 3.64. The summed E-state index contributed by atoms with van der Waals surface area (Å²) in [6.07, 6.45) is 44.5. The van der Waals surface area contributed by atoms with Crippen LogP contribution in [0.5, 0.6) is 0 Å². The van der Waals surface area contributed by atoms with Crippen molar-refractivity contribution < 1.29 is 80.2 Å². The highest BCUT2D eigenvalue weighted by Gasteiger charge is 2.30. The molecule has 0 aliphatic heterocycles. The van der Waals surface area contributed by atoms with E-state index in [4.69, 9.17) is 37.0 Å². The van der Waals surface area contributed by atoms with E-state index in [1.54, 1.807) is 0 Å². The van der Waals surface area contributed by atoms with Gasteiger partial charge in [0.05, 0.1) is 26.4 Å². The Morgan fingerprint density at radius 2 is 0.527 bits per heavy atom. The molecule has 0 aromatic carbocycles. The average molecular weight is 1340 g/mol. The summed E-state index contributed by atoms with van der Waals surface area (Å²) in [5.41, 5.74) is 0. The summed E-state index contributed by atoms with van der Waals surface area (Å²) in [5.74, 6) is 0.876. The molecule has 0 radical (unpaired) electrons. The second-order valence-corrected chi connectivity index (χ2v) is 30.6. The zero-order valence-electron chi connectivity index (χ0n) is 59.5. The first-order chi connectivity index (χ1) is 43.6. The molecule has 0 saturated heterocycles. The van der Waals surface area contributed by atoms with Gasteiger partial charge in [0.15, 0.2) is 12.2 Å². The van der Waals surface area contributed by atoms with Crippen molar-refractivity contribution in [2.75, 3.05) is 39.6 Å². The SMILES string of the molecule is CCC(C)CCCCCCCCC(=O)OC[C@H](COP(=O)(O)OCC(O)COP(=O)(O)OC[C@@H](COC(=O)CCCCCCCCCCC(C)C)OC(=O)CCCCCCCCCCCCC(C)C)OC(=O)CCCCCCCCCCCCCCCCC(C)C. The van der Waals surface area contributed by atoms with Gasteiger partial charge in [-0.25, -0.2) is 9.13 Å². The number of phosphoric acid groups is 2. The van der Waals surface area contributed by atoms with Gasteiger partial charge in [0.1, 0.15) is 19.3 Å². The zero-order valence-corrected chi connectivity index (χ0v) is 61.3. The van der Waals surface area contributed by atoms with E-state index in [0.717, 1.165) is 120 Å². The number of esters is 4. The summed E-state index contributed by atoms with van der Waals surface area (Å²) in [6, 6.07) is 0. The fourth-order valence-electron chi connectivity index (χ4n) is 10.8. The van der Waals surface area contributed by atoms with E-state index >= 15 is 0 Å². The van der Waals surface area contributed by atoms with Crippen molar-refractivity contribution >= 4 is 39.5 Å². The highest BCUT2D eigenvalue weighted by atomic mass is 31.2. The first kappa shape index (κ1) is 89.1. The van der Waals surface area contributed by atoms with Gasteiger partial charge >= 0.3 is 39.5 Å². The van der Waals surface area contributed by atoms with Crippen LogP contribution in [0.1, 0.15) is 357 Å². The highest BCUT2D eigenvalue weighted by molar-refractivity contribution is 7.47. The molecule has 0 aliphatic rings.